The molecule has 0 aliphatic carbocycles. The van der Waals surface area contributed by atoms with Crippen LogP contribution in [0.4, 0.5) is 0 Å². The fourth-order valence-corrected chi connectivity index (χ4v) is 1.33. The summed E-state index contributed by atoms with van der Waals surface area (Å²) in [6.07, 6.45) is 3.51. The van der Waals surface area contributed by atoms with Crippen molar-refractivity contribution in [3.63, 3.8) is 0 Å². The number of carbonyl (C=O) groups excluding carboxylic acids is 1. The zero-order chi connectivity index (χ0) is 14.1. The van der Waals surface area contributed by atoms with Gasteiger partial charge >= 0.3 is 0 Å². The number of ether oxygens (including phenoxy) is 2. The maximum atomic E-state index is 10.6. The molecule has 0 radical (unpaired) electrons. The molecule has 0 saturated carbocycles. The lowest BCUT2D eigenvalue weighted by molar-refractivity contribution is -0.119. The topological polar surface area (TPSA) is 110 Å². The van der Waals surface area contributed by atoms with Gasteiger partial charge in [-0.15, -0.1) is 0 Å². The number of carbonyl (C=O) groups is 1. The van der Waals surface area contributed by atoms with Crippen LogP contribution in [0.2, 0.25) is 0 Å². The minimum atomic E-state index is -0.555. The number of primary amides is 1. The molecule has 7 nitrogen and oxygen atoms in total. The summed E-state index contributed by atoms with van der Waals surface area (Å²) in [7, 11) is 1.50. The van der Waals surface area contributed by atoms with Gasteiger partial charge < -0.3 is 15.2 Å². The molecule has 0 aliphatic rings. The number of benzene rings is 1. The normalized spacial score (nSPS) is 9.95. The summed E-state index contributed by atoms with van der Waals surface area (Å²) < 4.78 is 10.4. The molecule has 2 N–H and O–H groups in total. The maximum Gasteiger partial charge on any atom is 0.255 e. The van der Waals surface area contributed by atoms with Crippen molar-refractivity contribution in [2.45, 2.75) is 0 Å². The van der Waals surface area contributed by atoms with Crippen molar-refractivity contribution in [3.8, 4) is 11.5 Å². The van der Waals surface area contributed by atoms with E-state index >= 15 is 0 Å². The van der Waals surface area contributed by atoms with E-state index in [9.17, 15) is 4.79 Å². The first-order chi connectivity index (χ1) is 9.17. The summed E-state index contributed by atoms with van der Waals surface area (Å²) >= 11 is 0. The van der Waals surface area contributed by atoms with Gasteiger partial charge in [-0.1, -0.05) is 23.3 Å². The van der Waals surface area contributed by atoms with Crippen LogP contribution < -0.4 is 15.2 Å². The highest BCUT2D eigenvalue weighted by molar-refractivity contribution is 5.75. The third-order valence-electron chi connectivity index (χ3n) is 2.12. The summed E-state index contributed by atoms with van der Waals surface area (Å²) in [5.74, 6) is 0.376. The molecule has 0 bridgehead atoms. The number of methoxy groups -OCH3 is 1. The Morgan fingerprint density at radius 2 is 2.32 bits per heavy atom. The van der Waals surface area contributed by atoms with Crippen molar-refractivity contribution in [1.29, 1.82) is 0 Å². The molecular formula is C12H14N4O3. The Morgan fingerprint density at radius 3 is 2.95 bits per heavy atom. The van der Waals surface area contributed by atoms with E-state index in [1.165, 1.54) is 7.11 Å². The Kier molecular flexibility index (Phi) is 5.78. The molecule has 100 valence electrons. The lowest BCUT2D eigenvalue weighted by Gasteiger charge is -2.09. The Hall–Kier alpha value is -2.66. The van der Waals surface area contributed by atoms with Gasteiger partial charge in [-0.25, -0.2) is 0 Å². The number of nitrogens with zero attached hydrogens (tertiary/aromatic N) is 3. The first-order valence-corrected chi connectivity index (χ1v) is 5.44. The van der Waals surface area contributed by atoms with Crippen LogP contribution in [0.5, 0.6) is 11.5 Å². The zero-order valence-electron chi connectivity index (χ0n) is 10.4. The van der Waals surface area contributed by atoms with E-state index in [1.54, 1.807) is 30.4 Å². The Morgan fingerprint density at radius 1 is 1.53 bits per heavy atom. The highest BCUT2D eigenvalue weighted by Crippen LogP contribution is 2.28. The summed E-state index contributed by atoms with van der Waals surface area (Å²) in [6, 6.07) is 5.20. The van der Waals surface area contributed by atoms with Gasteiger partial charge in [0.15, 0.2) is 18.1 Å². The highest BCUT2D eigenvalue weighted by Gasteiger charge is 2.05. The van der Waals surface area contributed by atoms with Crippen LogP contribution in [-0.2, 0) is 4.79 Å². The Bertz CT molecular complexity index is 522. The fraction of sp³-hybridized carbons (Fsp3) is 0.250. The largest absolute Gasteiger partial charge is 0.493 e. The lowest BCUT2D eigenvalue weighted by atomic mass is 10.2. The van der Waals surface area contributed by atoms with Crippen LogP contribution in [0.25, 0.3) is 16.5 Å². The van der Waals surface area contributed by atoms with E-state index in [2.05, 4.69) is 10.0 Å². The molecule has 1 aromatic rings. The molecule has 0 unspecified atom stereocenters. The van der Waals surface area contributed by atoms with Crippen molar-refractivity contribution < 1.29 is 14.3 Å². The van der Waals surface area contributed by atoms with Crippen molar-refractivity contribution in [3.05, 3.63) is 40.3 Å². The van der Waals surface area contributed by atoms with Crippen LogP contribution in [-0.4, -0.2) is 26.2 Å². The molecule has 0 saturated heterocycles. The van der Waals surface area contributed by atoms with Gasteiger partial charge in [0.2, 0.25) is 0 Å². The van der Waals surface area contributed by atoms with Gasteiger partial charge in [-0.2, -0.15) is 0 Å². The van der Waals surface area contributed by atoms with E-state index in [0.717, 1.165) is 5.56 Å². The van der Waals surface area contributed by atoms with Gasteiger partial charge in [-0.3, -0.25) is 4.79 Å². The van der Waals surface area contributed by atoms with Crippen molar-refractivity contribution in [2.24, 2.45) is 10.8 Å². The standard InChI is InChI=1S/C12H14N4O3/c1-18-11-7-9(3-2-6-15-16-14)4-5-10(11)19-8-12(13)17/h2-5,7H,6,8H2,1H3,(H2,13,17). The van der Waals surface area contributed by atoms with Gasteiger partial charge in [0.05, 0.1) is 7.11 Å². The van der Waals surface area contributed by atoms with Crippen LogP contribution >= 0.6 is 0 Å². The van der Waals surface area contributed by atoms with Crippen molar-refractivity contribution >= 4 is 12.0 Å². The Balaban J connectivity index is 2.79. The molecule has 0 atom stereocenters. The van der Waals surface area contributed by atoms with Crippen LogP contribution in [0.1, 0.15) is 5.56 Å². The lowest BCUT2D eigenvalue weighted by Crippen LogP contribution is -2.20. The molecule has 1 rings (SSSR count). The quantitative estimate of drug-likeness (QED) is 0.460. The minimum Gasteiger partial charge on any atom is -0.493 e. The second-order valence-corrected chi connectivity index (χ2v) is 3.48. The second kappa shape index (κ2) is 7.62. The number of hydrogen-bond donors (Lipinski definition) is 1. The number of hydrogen-bond acceptors (Lipinski definition) is 4. The maximum absolute atomic E-state index is 10.6. The molecule has 19 heavy (non-hydrogen) atoms. The van der Waals surface area contributed by atoms with E-state index in [-0.39, 0.29) is 13.2 Å². The summed E-state index contributed by atoms with van der Waals surface area (Å²) in [6.45, 7) is 0.0706. The Labute approximate surface area is 110 Å². The van der Waals surface area contributed by atoms with Crippen LogP contribution in [0.3, 0.4) is 0 Å². The number of azide groups is 1. The van der Waals surface area contributed by atoms with Gasteiger partial charge in [0.25, 0.3) is 5.91 Å². The molecule has 0 spiro atoms. The molecule has 1 aromatic carbocycles. The third kappa shape index (κ3) is 5.01. The van der Waals surface area contributed by atoms with E-state index in [1.807, 2.05) is 0 Å². The average Bonchev–Trinajstić information content (AvgIpc) is 2.41. The van der Waals surface area contributed by atoms with Crippen molar-refractivity contribution in [1.82, 2.24) is 0 Å². The molecular weight excluding hydrogens is 248 g/mol. The summed E-state index contributed by atoms with van der Waals surface area (Å²) in [5, 5.41) is 3.38. The van der Waals surface area contributed by atoms with Crippen LogP contribution in [0.15, 0.2) is 29.4 Å². The molecule has 0 heterocycles. The van der Waals surface area contributed by atoms with Gasteiger partial charge in [0.1, 0.15) is 0 Å². The molecule has 0 aliphatic heterocycles. The highest BCUT2D eigenvalue weighted by atomic mass is 16.5. The molecule has 0 aromatic heterocycles. The van der Waals surface area contributed by atoms with E-state index < -0.39 is 5.91 Å². The van der Waals surface area contributed by atoms with Crippen LogP contribution in [0, 0.1) is 0 Å². The third-order valence-corrected chi connectivity index (χ3v) is 2.12. The smallest absolute Gasteiger partial charge is 0.255 e. The second-order valence-electron chi connectivity index (χ2n) is 3.48. The number of nitrogens with two attached hydrogens (primary N) is 1. The summed E-state index contributed by atoms with van der Waals surface area (Å²) in [4.78, 5) is 13.3. The van der Waals surface area contributed by atoms with Gasteiger partial charge in [-0.05, 0) is 23.2 Å². The minimum absolute atomic E-state index is 0.206. The van der Waals surface area contributed by atoms with E-state index in [0.29, 0.717) is 11.5 Å². The predicted octanol–water partition coefficient (Wildman–Crippen LogP) is 1.88. The molecule has 1 amide bonds. The number of rotatable bonds is 7. The SMILES string of the molecule is COc1cc(C=CCN=[N+]=[N-])ccc1OCC(N)=O. The first-order valence-electron chi connectivity index (χ1n) is 5.44. The number of amides is 1. The first kappa shape index (κ1) is 14.4. The molecule has 0 fully saturated rings. The van der Waals surface area contributed by atoms with E-state index in [4.69, 9.17) is 20.7 Å². The van der Waals surface area contributed by atoms with Crippen molar-refractivity contribution in [2.75, 3.05) is 20.3 Å². The predicted molar refractivity (Wildman–Crippen MR) is 70.7 cm³/mol. The van der Waals surface area contributed by atoms with Gasteiger partial charge in [0, 0.05) is 11.5 Å². The fourth-order valence-electron chi connectivity index (χ4n) is 1.33. The average molecular weight is 262 g/mol. The zero-order valence-corrected chi connectivity index (χ0v) is 10.4. The molecule has 7 heteroatoms. The monoisotopic (exact) mass is 262 g/mol. The summed E-state index contributed by atoms with van der Waals surface area (Å²) in [5.41, 5.74) is 14.0.